The lowest BCUT2D eigenvalue weighted by Gasteiger charge is -2.23. The van der Waals surface area contributed by atoms with Gasteiger partial charge in [0.1, 0.15) is 0 Å². The first-order chi connectivity index (χ1) is 7.17. The third-order valence-corrected chi connectivity index (χ3v) is 3.08. The lowest BCUT2D eigenvalue weighted by atomic mass is 10.1. The predicted octanol–water partition coefficient (Wildman–Crippen LogP) is -0.134. The first kappa shape index (κ1) is 12.4. The molecular formula is C10H21N3O2. The van der Waals surface area contributed by atoms with Gasteiger partial charge in [-0.1, -0.05) is 0 Å². The Morgan fingerprint density at radius 3 is 3.00 bits per heavy atom. The fraction of sp³-hybridized carbons (Fsp3) is 0.900. The van der Waals surface area contributed by atoms with Crippen LogP contribution < -0.4 is 11.3 Å². The van der Waals surface area contributed by atoms with Crippen LogP contribution in [0.1, 0.15) is 26.2 Å². The molecule has 0 aliphatic carbocycles. The van der Waals surface area contributed by atoms with Crippen LogP contribution in [-0.4, -0.2) is 43.2 Å². The number of nitrogens with one attached hydrogen (secondary N) is 1. The van der Waals surface area contributed by atoms with Crippen molar-refractivity contribution in [1.82, 2.24) is 10.3 Å². The van der Waals surface area contributed by atoms with E-state index in [0.29, 0.717) is 18.6 Å². The Kier molecular flexibility index (Phi) is 5.01. The van der Waals surface area contributed by atoms with Crippen molar-refractivity contribution in [1.29, 1.82) is 0 Å². The molecule has 1 amide bonds. The summed E-state index contributed by atoms with van der Waals surface area (Å²) >= 11 is 0. The molecule has 1 rings (SSSR count). The Labute approximate surface area is 90.9 Å². The number of amides is 1. The number of hydrogen-bond donors (Lipinski definition) is 2. The largest absolute Gasteiger partial charge is 0.380 e. The molecule has 0 saturated carbocycles. The maximum Gasteiger partial charge on any atom is 0.233 e. The number of methoxy groups -OCH3 is 1. The number of hydrazine groups is 1. The van der Waals surface area contributed by atoms with Crippen LogP contribution in [-0.2, 0) is 9.53 Å². The smallest absolute Gasteiger partial charge is 0.233 e. The quantitative estimate of drug-likeness (QED) is 0.381. The topological polar surface area (TPSA) is 67.6 Å². The molecule has 0 aromatic rings. The van der Waals surface area contributed by atoms with E-state index in [4.69, 9.17) is 10.6 Å². The fourth-order valence-corrected chi connectivity index (χ4v) is 1.94. The molecule has 1 aliphatic rings. The van der Waals surface area contributed by atoms with Gasteiger partial charge in [0.15, 0.2) is 0 Å². The van der Waals surface area contributed by atoms with Crippen LogP contribution >= 0.6 is 0 Å². The Hall–Kier alpha value is -0.650. The number of hydrogen-bond acceptors (Lipinski definition) is 4. The van der Waals surface area contributed by atoms with Crippen molar-refractivity contribution in [2.45, 2.75) is 38.3 Å². The highest BCUT2D eigenvalue weighted by Gasteiger charge is 2.25. The Morgan fingerprint density at radius 1 is 1.73 bits per heavy atom. The van der Waals surface area contributed by atoms with Crippen LogP contribution in [0.5, 0.6) is 0 Å². The average molecular weight is 215 g/mol. The summed E-state index contributed by atoms with van der Waals surface area (Å²) in [5, 5.41) is 0. The number of ether oxygens (including phenoxy) is 1. The highest BCUT2D eigenvalue weighted by atomic mass is 16.5. The predicted molar refractivity (Wildman–Crippen MR) is 58.0 cm³/mol. The van der Waals surface area contributed by atoms with Crippen LogP contribution in [0.2, 0.25) is 0 Å². The monoisotopic (exact) mass is 215 g/mol. The maximum atomic E-state index is 11.0. The minimum Gasteiger partial charge on any atom is -0.380 e. The van der Waals surface area contributed by atoms with Gasteiger partial charge in [0.05, 0.1) is 6.10 Å². The molecule has 1 heterocycles. The Morgan fingerprint density at radius 2 is 2.47 bits per heavy atom. The fourth-order valence-electron chi connectivity index (χ4n) is 1.94. The van der Waals surface area contributed by atoms with E-state index in [1.165, 1.54) is 0 Å². The van der Waals surface area contributed by atoms with Crippen LogP contribution in [0.25, 0.3) is 0 Å². The average Bonchev–Trinajstić information content (AvgIpc) is 2.73. The zero-order valence-corrected chi connectivity index (χ0v) is 9.53. The van der Waals surface area contributed by atoms with Crippen LogP contribution in [0.4, 0.5) is 0 Å². The minimum atomic E-state index is -0.0932. The van der Waals surface area contributed by atoms with Crippen molar-refractivity contribution >= 4 is 5.91 Å². The van der Waals surface area contributed by atoms with Gasteiger partial charge < -0.3 is 4.74 Å². The lowest BCUT2D eigenvalue weighted by molar-refractivity contribution is -0.121. The number of likely N-dealkylation sites (tertiary alicyclic amines) is 1. The second kappa shape index (κ2) is 6.05. The first-order valence-corrected chi connectivity index (χ1v) is 5.43. The van der Waals surface area contributed by atoms with Gasteiger partial charge in [0, 0.05) is 32.7 Å². The zero-order valence-electron chi connectivity index (χ0n) is 9.53. The van der Waals surface area contributed by atoms with E-state index < -0.39 is 0 Å². The Bertz CT molecular complexity index is 211. The summed E-state index contributed by atoms with van der Waals surface area (Å²) in [6, 6.07) is 0.419. The van der Waals surface area contributed by atoms with Crippen molar-refractivity contribution in [2.24, 2.45) is 5.84 Å². The number of nitrogens with zero attached hydrogens (tertiary/aromatic N) is 1. The summed E-state index contributed by atoms with van der Waals surface area (Å²) in [6.07, 6.45) is 2.78. The summed E-state index contributed by atoms with van der Waals surface area (Å²) in [5.74, 6) is 4.93. The van der Waals surface area contributed by atoms with E-state index in [1.807, 2.05) is 0 Å². The molecule has 2 unspecified atom stereocenters. The summed E-state index contributed by atoms with van der Waals surface area (Å²) in [5.41, 5.74) is 2.15. The lowest BCUT2D eigenvalue weighted by Crippen LogP contribution is -2.35. The highest BCUT2D eigenvalue weighted by molar-refractivity contribution is 5.75. The highest BCUT2D eigenvalue weighted by Crippen LogP contribution is 2.17. The van der Waals surface area contributed by atoms with Crippen molar-refractivity contribution in [3.05, 3.63) is 0 Å². The van der Waals surface area contributed by atoms with Gasteiger partial charge in [-0.15, -0.1) is 0 Å². The molecule has 0 bridgehead atoms. The van der Waals surface area contributed by atoms with Crippen molar-refractivity contribution in [2.75, 3.05) is 20.2 Å². The maximum absolute atomic E-state index is 11.0. The molecule has 1 fully saturated rings. The van der Waals surface area contributed by atoms with E-state index in [9.17, 15) is 4.79 Å². The Balaban J connectivity index is 2.23. The summed E-state index contributed by atoms with van der Waals surface area (Å²) in [7, 11) is 1.75. The van der Waals surface area contributed by atoms with Gasteiger partial charge in [-0.25, -0.2) is 5.84 Å². The van der Waals surface area contributed by atoms with Gasteiger partial charge in [-0.05, 0) is 19.8 Å². The van der Waals surface area contributed by atoms with Crippen molar-refractivity contribution < 1.29 is 9.53 Å². The van der Waals surface area contributed by atoms with E-state index in [0.717, 1.165) is 25.9 Å². The molecule has 3 N–H and O–H groups in total. The van der Waals surface area contributed by atoms with Gasteiger partial charge in [-0.2, -0.15) is 0 Å². The molecular weight excluding hydrogens is 194 g/mol. The van der Waals surface area contributed by atoms with E-state index in [1.54, 1.807) is 7.11 Å². The molecule has 15 heavy (non-hydrogen) atoms. The number of rotatable bonds is 5. The van der Waals surface area contributed by atoms with E-state index >= 15 is 0 Å². The number of nitrogens with two attached hydrogens (primary N) is 1. The molecule has 0 aromatic heterocycles. The third-order valence-electron chi connectivity index (χ3n) is 3.08. The minimum absolute atomic E-state index is 0.0932. The molecule has 5 heteroatoms. The SMILES string of the molecule is COC1CCN(C(C)CCC(=O)NN)C1. The standard InChI is InChI=1S/C10H21N3O2/c1-8(3-4-10(14)12-11)13-6-5-9(7-13)15-2/h8-9H,3-7,11H2,1-2H3,(H,12,14). The van der Waals surface area contributed by atoms with Gasteiger partial charge in [-0.3, -0.25) is 15.1 Å². The van der Waals surface area contributed by atoms with E-state index in [2.05, 4.69) is 17.2 Å². The van der Waals surface area contributed by atoms with Crippen LogP contribution in [0.3, 0.4) is 0 Å². The number of carbonyl (C=O) groups excluding carboxylic acids is 1. The van der Waals surface area contributed by atoms with Gasteiger partial charge >= 0.3 is 0 Å². The molecule has 0 radical (unpaired) electrons. The molecule has 0 spiro atoms. The molecule has 1 aliphatic heterocycles. The zero-order chi connectivity index (χ0) is 11.3. The van der Waals surface area contributed by atoms with Gasteiger partial charge in [0.25, 0.3) is 0 Å². The summed E-state index contributed by atoms with van der Waals surface area (Å²) < 4.78 is 5.30. The van der Waals surface area contributed by atoms with Crippen molar-refractivity contribution in [3.63, 3.8) is 0 Å². The normalized spacial score (nSPS) is 24.1. The summed E-state index contributed by atoms with van der Waals surface area (Å²) in [4.78, 5) is 13.3. The van der Waals surface area contributed by atoms with E-state index in [-0.39, 0.29) is 5.91 Å². The third kappa shape index (κ3) is 3.77. The molecule has 0 aromatic carbocycles. The van der Waals surface area contributed by atoms with Crippen LogP contribution in [0.15, 0.2) is 0 Å². The molecule has 5 nitrogen and oxygen atoms in total. The van der Waals surface area contributed by atoms with Crippen LogP contribution in [0, 0.1) is 0 Å². The second-order valence-electron chi connectivity index (χ2n) is 4.10. The first-order valence-electron chi connectivity index (χ1n) is 5.43. The van der Waals surface area contributed by atoms with Gasteiger partial charge in [0.2, 0.25) is 5.91 Å². The second-order valence-corrected chi connectivity index (χ2v) is 4.10. The van der Waals surface area contributed by atoms with Crippen molar-refractivity contribution in [3.8, 4) is 0 Å². The number of carbonyl (C=O) groups is 1. The summed E-state index contributed by atoms with van der Waals surface area (Å²) in [6.45, 7) is 4.17. The molecule has 2 atom stereocenters. The molecule has 88 valence electrons. The molecule has 1 saturated heterocycles.